The summed E-state index contributed by atoms with van der Waals surface area (Å²) >= 11 is 0. The Kier molecular flexibility index (Phi) is 4.79. The largest absolute Gasteiger partial charge is 0.417 e. The van der Waals surface area contributed by atoms with Crippen LogP contribution in [0.5, 0.6) is 0 Å². The van der Waals surface area contributed by atoms with Crippen molar-refractivity contribution in [1.82, 2.24) is 10.3 Å². The highest BCUT2D eigenvalue weighted by atomic mass is 19.4. The van der Waals surface area contributed by atoms with Crippen LogP contribution in [0.2, 0.25) is 0 Å². The summed E-state index contributed by atoms with van der Waals surface area (Å²) in [6.45, 7) is 0.0294. The first-order valence-electron chi connectivity index (χ1n) is 11.1. The van der Waals surface area contributed by atoms with Crippen molar-refractivity contribution in [3.8, 4) is 0 Å². The molecule has 2 atom stereocenters. The number of pyridine rings is 1. The van der Waals surface area contributed by atoms with Gasteiger partial charge in [0.05, 0.1) is 5.60 Å². The summed E-state index contributed by atoms with van der Waals surface area (Å²) in [5.74, 6) is 1.27. The number of nitrogens with zero attached hydrogens (tertiary/aromatic N) is 2. The number of amides is 1. The lowest BCUT2D eigenvalue weighted by Crippen LogP contribution is -2.61. The monoisotopic (exact) mass is 439 g/mol. The predicted molar refractivity (Wildman–Crippen MR) is 106 cm³/mol. The van der Waals surface area contributed by atoms with Gasteiger partial charge in [0.1, 0.15) is 11.5 Å². The van der Waals surface area contributed by atoms with Crippen molar-refractivity contribution in [3.63, 3.8) is 0 Å². The number of nitrogens with one attached hydrogen (secondary N) is 1. The van der Waals surface area contributed by atoms with Crippen LogP contribution in [-0.2, 0) is 0 Å². The first-order chi connectivity index (χ1) is 14.6. The maximum atomic E-state index is 13.0. The minimum Gasteiger partial charge on any atom is -0.390 e. The minimum absolute atomic E-state index is 0.0147. The van der Waals surface area contributed by atoms with Crippen LogP contribution in [0.25, 0.3) is 0 Å². The predicted octanol–water partition coefficient (Wildman–Crippen LogP) is 2.64. The summed E-state index contributed by atoms with van der Waals surface area (Å²) < 4.78 is 39.1. The molecule has 1 aromatic rings. The molecule has 4 bridgehead atoms. The molecule has 2 unspecified atom stereocenters. The van der Waals surface area contributed by atoms with Gasteiger partial charge < -0.3 is 20.4 Å². The molecule has 3 N–H and O–H groups in total. The van der Waals surface area contributed by atoms with Crippen LogP contribution in [0.3, 0.4) is 0 Å². The van der Waals surface area contributed by atoms with Crippen molar-refractivity contribution in [2.75, 3.05) is 18.0 Å². The number of hydrogen-bond donors (Lipinski definition) is 3. The molecular weight excluding hydrogens is 411 g/mol. The Morgan fingerprint density at radius 2 is 1.74 bits per heavy atom. The quantitative estimate of drug-likeness (QED) is 0.674. The number of carbonyl (C=O) groups is 1. The van der Waals surface area contributed by atoms with Gasteiger partial charge in [-0.2, -0.15) is 13.2 Å². The van der Waals surface area contributed by atoms with Gasteiger partial charge >= 0.3 is 6.18 Å². The third-order valence-corrected chi connectivity index (χ3v) is 7.95. The third kappa shape index (κ3) is 3.69. The molecule has 6 rings (SSSR count). The topological polar surface area (TPSA) is 85.7 Å². The summed E-state index contributed by atoms with van der Waals surface area (Å²) in [5, 5.41) is 23.7. The molecule has 1 saturated heterocycles. The lowest BCUT2D eigenvalue weighted by molar-refractivity contribution is -0.266. The van der Waals surface area contributed by atoms with Crippen molar-refractivity contribution >= 4 is 11.7 Å². The molecule has 1 aromatic heterocycles. The Labute approximate surface area is 178 Å². The number of alkyl halides is 3. The zero-order valence-corrected chi connectivity index (χ0v) is 17.2. The highest BCUT2D eigenvalue weighted by molar-refractivity contribution is 5.93. The van der Waals surface area contributed by atoms with E-state index in [4.69, 9.17) is 0 Å². The van der Waals surface area contributed by atoms with Crippen molar-refractivity contribution < 1.29 is 28.2 Å². The van der Waals surface area contributed by atoms with Gasteiger partial charge in [-0.25, -0.2) is 4.98 Å². The van der Waals surface area contributed by atoms with E-state index in [2.05, 4.69) is 10.3 Å². The van der Waals surface area contributed by atoms with Crippen molar-refractivity contribution in [2.24, 2.45) is 17.8 Å². The van der Waals surface area contributed by atoms with Gasteiger partial charge in [-0.1, -0.05) is 6.07 Å². The molecule has 0 aromatic carbocycles. The lowest BCUT2D eigenvalue weighted by Gasteiger charge is -2.58. The minimum atomic E-state index is -4.65. The average Bonchev–Trinajstić information content (AvgIpc) is 2.69. The fraction of sp³-hybridized carbons (Fsp3) is 0.727. The van der Waals surface area contributed by atoms with Crippen LogP contribution >= 0.6 is 0 Å². The molecule has 5 aliphatic rings. The molecule has 1 aliphatic heterocycles. The molecule has 170 valence electrons. The molecule has 31 heavy (non-hydrogen) atoms. The number of aromatic nitrogens is 1. The van der Waals surface area contributed by atoms with Crippen LogP contribution in [0, 0.1) is 17.8 Å². The van der Waals surface area contributed by atoms with Gasteiger partial charge in [0.15, 0.2) is 5.60 Å². The highest BCUT2D eigenvalue weighted by Crippen LogP contribution is 2.55. The van der Waals surface area contributed by atoms with Crippen LogP contribution in [0.15, 0.2) is 18.2 Å². The third-order valence-electron chi connectivity index (χ3n) is 7.95. The molecular formula is C22H28F3N3O3. The molecule has 4 saturated carbocycles. The number of aliphatic hydroxyl groups is 2. The second-order valence-electron chi connectivity index (χ2n) is 10.1. The SMILES string of the molecule is O=C(NC1C2CC3CC1CC(O)(C3)C2)c1cccc(N2CCC(O)(C(F)(F)F)CC2)n1. The van der Waals surface area contributed by atoms with Crippen molar-refractivity contribution in [1.29, 1.82) is 0 Å². The van der Waals surface area contributed by atoms with Gasteiger partial charge in [-0.15, -0.1) is 0 Å². The number of piperidine rings is 1. The van der Waals surface area contributed by atoms with Gasteiger partial charge in [-0.3, -0.25) is 4.79 Å². The maximum absolute atomic E-state index is 13.0. The summed E-state index contributed by atoms with van der Waals surface area (Å²) in [6.07, 6.45) is -1.10. The Hall–Kier alpha value is -1.87. The fourth-order valence-corrected chi connectivity index (χ4v) is 6.56. The van der Waals surface area contributed by atoms with Gasteiger partial charge in [-0.05, 0) is 62.0 Å². The van der Waals surface area contributed by atoms with E-state index in [-0.39, 0.29) is 42.6 Å². The van der Waals surface area contributed by atoms with E-state index in [1.165, 1.54) is 0 Å². The van der Waals surface area contributed by atoms with E-state index in [1.54, 1.807) is 23.1 Å². The first-order valence-corrected chi connectivity index (χ1v) is 11.1. The Balaban J connectivity index is 1.25. The average molecular weight is 439 g/mol. The molecule has 1 amide bonds. The molecule has 4 aliphatic carbocycles. The standard InChI is InChI=1S/C22H28F3N3O3/c23-22(24,25)21(31)4-6-28(7-5-21)17-3-1-2-16(26-17)19(29)27-18-14-8-13-9-15(18)12-20(30,10-13)11-14/h1-3,13-15,18,30-31H,4-12H2,(H,27,29). The molecule has 5 fully saturated rings. The van der Waals surface area contributed by atoms with E-state index in [9.17, 15) is 28.2 Å². The molecule has 0 radical (unpaired) electrons. The number of rotatable bonds is 3. The second-order valence-corrected chi connectivity index (χ2v) is 10.1. The normalized spacial score (nSPS) is 36.5. The molecule has 0 spiro atoms. The Morgan fingerprint density at radius 3 is 2.32 bits per heavy atom. The van der Waals surface area contributed by atoms with E-state index >= 15 is 0 Å². The van der Waals surface area contributed by atoms with Crippen LogP contribution in [-0.4, -0.2) is 57.6 Å². The molecule has 2 heterocycles. The van der Waals surface area contributed by atoms with E-state index < -0.39 is 30.2 Å². The van der Waals surface area contributed by atoms with Gasteiger partial charge in [0.2, 0.25) is 0 Å². The summed E-state index contributed by atoms with van der Waals surface area (Å²) in [4.78, 5) is 19.0. The van der Waals surface area contributed by atoms with E-state index in [0.29, 0.717) is 11.7 Å². The first kappa shape index (κ1) is 21.0. The second kappa shape index (κ2) is 7.07. The highest BCUT2D eigenvalue weighted by Gasteiger charge is 2.56. The van der Waals surface area contributed by atoms with Crippen LogP contribution in [0.1, 0.15) is 55.4 Å². The summed E-state index contributed by atoms with van der Waals surface area (Å²) in [7, 11) is 0. The molecule has 6 nitrogen and oxygen atoms in total. The van der Waals surface area contributed by atoms with Gasteiger partial charge in [0, 0.05) is 32.0 Å². The van der Waals surface area contributed by atoms with Crippen LogP contribution < -0.4 is 10.2 Å². The summed E-state index contributed by atoms with van der Waals surface area (Å²) in [5.41, 5.74) is -2.99. The number of hydrogen-bond acceptors (Lipinski definition) is 5. The lowest BCUT2D eigenvalue weighted by atomic mass is 9.52. The number of halogens is 3. The Morgan fingerprint density at radius 1 is 1.10 bits per heavy atom. The zero-order valence-electron chi connectivity index (χ0n) is 17.2. The maximum Gasteiger partial charge on any atom is 0.417 e. The Bertz CT molecular complexity index is 853. The van der Waals surface area contributed by atoms with E-state index in [1.807, 2.05) is 0 Å². The smallest absolute Gasteiger partial charge is 0.390 e. The summed E-state index contributed by atoms with van der Waals surface area (Å²) in [6, 6.07) is 5.00. The van der Waals surface area contributed by atoms with Crippen LogP contribution in [0.4, 0.5) is 19.0 Å². The number of anilines is 1. The van der Waals surface area contributed by atoms with Gasteiger partial charge in [0.25, 0.3) is 5.91 Å². The van der Waals surface area contributed by atoms with Crippen molar-refractivity contribution in [3.05, 3.63) is 23.9 Å². The fourth-order valence-electron chi connectivity index (χ4n) is 6.56. The van der Waals surface area contributed by atoms with E-state index in [0.717, 1.165) is 32.1 Å². The zero-order chi connectivity index (χ0) is 22.0. The van der Waals surface area contributed by atoms with Crippen molar-refractivity contribution in [2.45, 2.75) is 68.4 Å². The number of carbonyl (C=O) groups excluding carboxylic acids is 1. The molecule has 9 heteroatoms.